The summed E-state index contributed by atoms with van der Waals surface area (Å²) in [5.74, 6) is 0.218. The molecule has 1 aliphatic rings. The van der Waals surface area contributed by atoms with Gasteiger partial charge in [-0.2, -0.15) is 0 Å². The summed E-state index contributed by atoms with van der Waals surface area (Å²) in [6, 6.07) is 7.02. The molecule has 0 saturated carbocycles. The summed E-state index contributed by atoms with van der Waals surface area (Å²) in [5, 5.41) is 3.21. The van der Waals surface area contributed by atoms with Crippen molar-refractivity contribution >= 4 is 23.4 Å². The Morgan fingerprint density at radius 1 is 1.32 bits per heavy atom. The molecule has 1 N–H and O–H groups in total. The van der Waals surface area contributed by atoms with E-state index in [0.717, 1.165) is 25.8 Å². The summed E-state index contributed by atoms with van der Waals surface area (Å²) in [6.07, 6.45) is 3.22. The smallest absolute Gasteiger partial charge is 0.258 e. The van der Waals surface area contributed by atoms with E-state index in [0.29, 0.717) is 10.8 Å². The maximum absolute atomic E-state index is 12.1. The molecule has 0 aliphatic carbocycles. The van der Waals surface area contributed by atoms with Crippen LogP contribution in [0.1, 0.15) is 26.2 Å². The van der Waals surface area contributed by atoms with Crippen molar-refractivity contribution in [2.45, 2.75) is 32.2 Å². The number of amides is 2. The van der Waals surface area contributed by atoms with E-state index >= 15 is 0 Å². The number of hydrogen-bond donors (Lipinski definition) is 1. The first kappa shape index (κ1) is 16.6. The zero-order valence-corrected chi connectivity index (χ0v) is 13.4. The number of piperidine rings is 1. The minimum Gasteiger partial charge on any atom is -0.484 e. The van der Waals surface area contributed by atoms with Crippen molar-refractivity contribution in [3.05, 3.63) is 29.3 Å². The van der Waals surface area contributed by atoms with Gasteiger partial charge < -0.3 is 15.0 Å². The number of nitrogens with zero attached hydrogens (tertiary/aromatic N) is 1. The zero-order chi connectivity index (χ0) is 15.9. The highest BCUT2D eigenvalue weighted by Gasteiger charge is 2.23. The van der Waals surface area contributed by atoms with Crippen molar-refractivity contribution in [2.24, 2.45) is 0 Å². The molecule has 1 aromatic carbocycles. The van der Waals surface area contributed by atoms with Crippen LogP contribution in [0.15, 0.2) is 24.3 Å². The third-order valence-electron chi connectivity index (χ3n) is 3.74. The van der Waals surface area contributed by atoms with Crippen LogP contribution in [-0.4, -0.2) is 42.5 Å². The maximum Gasteiger partial charge on any atom is 0.258 e. The van der Waals surface area contributed by atoms with Crippen molar-refractivity contribution in [2.75, 3.05) is 19.7 Å². The van der Waals surface area contributed by atoms with Gasteiger partial charge in [-0.3, -0.25) is 9.59 Å². The van der Waals surface area contributed by atoms with E-state index in [1.807, 2.05) is 11.8 Å². The van der Waals surface area contributed by atoms with Gasteiger partial charge in [-0.1, -0.05) is 11.6 Å². The average Bonchev–Trinajstić information content (AvgIpc) is 2.52. The highest BCUT2D eigenvalue weighted by atomic mass is 35.5. The van der Waals surface area contributed by atoms with Gasteiger partial charge in [-0.25, -0.2) is 0 Å². The van der Waals surface area contributed by atoms with Crippen LogP contribution in [0.25, 0.3) is 0 Å². The largest absolute Gasteiger partial charge is 0.484 e. The lowest BCUT2D eigenvalue weighted by Gasteiger charge is -2.33. The van der Waals surface area contributed by atoms with E-state index in [4.69, 9.17) is 16.3 Å². The predicted molar refractivity (Wildman–Crippen MR) is 85.0 cm³/mol. The average molecular weight is 325 g/mol. The number of likely N-dealkylation sites (tertiary alicyclic amines) is 1. The Labute approximate surface area is 135 Å². The molecule has 1 unspecified atom stereocenters. The SMILES string of the molecule is CC1CCCCN1C(=O)CNC(=O)COc1ccc(Cl)cc1. The molecular weight excluding hydrogens is 304 g/mol. The van der Waals surface area contributed by atoms with Crippen LogP contribution in [0.4, 0.5) is 0 Å². The third-order valence-corrected chi connectivity index (χ3v) is 4.00. The Hall–Kier alpha value is -1.75. The Morgan fingerprint density at radius 3 is 2.73 bits per heavy atom. The van der Waals surface area contributed by atoms with E-state index < -0.39 is 0 Å². The predicted octanol–water partition coefficient (Wildman–Crippen LogP) is 2.24. The fraction of sp³-hybridized carbons (Fsp3) is 0.500. The van der Waals surface area contributed by atoms with E-state index in [2.05, 4.69) is 5.32 Å². The summed E-state index contributed by atoms with van der Waals surface area (Å²) < 4.78 is 5.33. The highest BCUT2D eigenvalue weighted by Crippen LogP contribution is 2.16. The summed E-state index contributed by atoms with van der Waals surface area (Å²) >= 11 is 5.77. The Kier molecular flexibility index (Phi) is 6.07. The number of ether oxygens (including phenoxy) is 1. The van der Waals surface area contributed by atoms with E-state index in [1.54, 1.807) is 24.3 Å². The van der Waals surface area contributed by atoms with Gasteiger partial charge in [0.05, 0.1) is 6.54 Å². The molecule has 120 valence electrons. The van der Waals surface area contributed by atoms with Crippen molar-refractivity contribution in [1.82, 2.24) is 10.2 Å². The van der Waals surface area contributed by atoms with Crippen LogP contribution in [0, 0.1) is 0 Å². The Morgan fingerprint density at radius 2 is 2.05 bits per heavy atom. The van der Waals surface area contributed by atoms with Crippen LogP contribution >= 0.6 is 11.6 Å². The first-order valence-corrected chi connectivity index (χ1v) is 7.88. The van der Waals surface area contributed by atoms with Crippen molar-refractivity contribution in [3.63, 3.8) is 0 Å². The second-order valence-corrected chi connectivity index (χ2v) is 5.89. The van der Waals surface area contributed by atoms with E-state index in [1.165, 1.54) is 0 Å². The summed E-state index contributed by atoms with van der Waals surface area (Å²) in [5.41, 5.74) is 0. The lowest BCUT2D eigenvalue weighted by Crippen LogP contribution is -2.47. The molecule has 5 nitrogen and oxygen atoms in total. The minimum atomic E-state index is -0.312. The van der Waals surface area contributed by atoms with Crippen LogP contribution in [-0.2, 0) is 9.59 Å². The van der Waals surface area contributed by atoms with Crippen LogP contribution < -0.4 is 10.1 Å². The van der Waals surface area contributed by atoms with Gasteiger partial charge in [0.1, 0.15) is 5.75 Å². The molecule has 6 heteroatoms. The molecule has 1 atom stereocenters. The molecule has 1 aliphatic heterocycles. The van der Waals surface area contributed by atoms with Gasteiger partial charge in [0.2, 0.25) is 5.91 Å². The quantitative estimate of drug-likeness (QED) is 0.903. The van der Waals surface area contributed by atoms with Crippen molar-refractivity contribution in [1.29, 1.82) is 0 Å². The number of benzene rings is 1. The van der Waals surface area contributed by atoms with Crippen LogP contribution in [0.3, 0.4) is 0 Å². The van der Waals surface area contributed by atoms with E-state index in [-0.39, 0.29) is 31.0 Å². The molecule has 22 heavy (non-hydrogen) atoms. The molecule has 0 spiro atoms. The molecule has 2 rings (SSSR count). The fourth-order valence-corrected chi connectivity index (χ4v) is 2.60. The Balaban J connectivity index is 1.70. The van der Waals surface area contributed by atoms with Gasteiger partial charge in [0, 0.05) is 17.6 Å². The number of nitrogens with one attached hydrogen (secondary N) is 1. The molecule has 1 heterocycles. The van der Waals surface area contributed by atoms with Gasteiger partial charge in [-0.15, -0.1) is 0 Å². The molecule has 1 fully saturated rings. The molecule has 1 saturated heterocycles. The summed E-state index contributed by atoms with van der Waals surface area (Å²) in [7, 11) is 0. The molecule has 0 bridgehead atoms. The third kappa shape index (κ3) is 4.91. The normalized spacial score (nSPS) is 17.9. The lowest BCUT2D eigenvalue weighted by molar-refractivity contribution is -0.135. The molecule has 1 aromatic rings. The number of halogens is 1. The lowest BCUT2D eigenvalue weighted by atomic mass is 10.0. The topological polar surface area (TPSA) is 58.6 Å². The second-order valence-electron chi connectivity index (χ2n) is 5.45. The minimum absolute atomic E-state index is 0.0210. The standard InChI is InChI=1S/C16H21ClN2O3/c1-12-4-2-3-9-19(12)16(21)10-18-15(20)11-22-14-7-5-13(17)6-8-14/h5-8,12H,2-4,9-11H2,1H3,(H,18,20). The zero-order valence-electron chi connectivity index (χ0n) is 12.7. The Bertz CT molecular complexity index is 519. The summed E-state index contributed by atoms with van der Waals surface area (Å²) in [4.78, 5) is 25.6. The number of carbonyl (C=O) groups excluding carboxylic acids is 2. The maximum atomic E-state index is 12.1. The highest BCUT2D eigenvalue weighted by molar-refractivity contribution is 6.30. The molecule has 0 aromatic heterocycles. The van der Waals surface area contributed by atoms with E-state index in [9.17, 15) is 9.59 Å². The number of carbonyl (C=O) groups is 2. The first-order valence-electron chi connectivity index (χ1n) is 7.51. The molecular formula is C16H21ClN2O3. The van der Waals surface area contributed by atoms with Gasteiger partial charge >= 0.3 is 0 Å². The van der Waals surface area contributed by atoms with Crippen molar-refractivity contribution in [3.8, 4) is 5.75 Å². The van der Waals surface area contributed by atoms with Gasteiger partial charge in [-0.05, 0) is 50.5 Å². The number of rotatable bonds is 5. The van der Waals surface area contributed by atoms with Crippen LogP contribution in [0.2, 0.25) is 5.02 Å². The monoisotopic (exact) mass is 324 g/mol. The van der Waals surface area contributed by atoms with Gasteiger partial charge in [0.25, 0.3) is 5.91 Å². The molecule has 2 amide bonds. The van der Waals surface area contributed by atoms with Crippen molar-refractivity contribution < 1.29 is 14.3 Å². The van der Waals surface area contributed by atoms with Gasteiger partial charge in [0.15, 0.2) is 6.61 Å². The molecule has 0 radical (unpaired) electrons. The fourth-order valence-electron chi connectivity index (χ4n) is 2.48. The second kappa shape index (κ2) is 8.03. The van der Waals surface area contributed by atoms with Crippen LogP contribution in [0.5, 0.6) is 5.75 Å². The first-order chi connectivity index (χ1) is 10.6. The summed E-state index contributed by atoms with van der Waals surface area (Å²) in [6.45, 7) is 2.72. The number of hydrogen-bond acceptors (Lipinski definition) is 3.